The van der Waals surface area contributed by atoms with Gasteiger partial charge in [0.1, 0.15) is 11.6 Å². The lowest BCUT2D eigenvalue weighted by atomic mass is 10.2. The first-order valence-corrected chi connectivity index (χ1v) is 4.75. The molecule has 1 aromatic carbocycles. The fourth-order valence-corrected chi connectivity index (χ4v) is 1.18. The number of anilines is 1. The number of benzene rings is 1. The lowest BCUT2D eigenvalue weighted by Gasteiger charge is -2.03. The number of halogens is 2. The number of amides is 1. The van der Waals surface area contributed by atoms with Crippen LogP contribution < -0.4 is 5.32 Å². The number of hydrogen-bond donors (Lipinski definition) is 1. The van der Waals surface area contributed by atoms with Gasteiger partial charge >= 0.3 is 0 Å². The average molecular weight is 249 g/mol. The van der Waals surface area contributed by atoms with Crippen molar-refractivity contribution in [2.45, 2.75) is 0 Å². The average Bonchev–Trinajstić information content (AvgIpc) is 2.20. The highest BCUT2D eigenvalue weighted by Gasteiger charge is 2.15. The Hall–Kier alpha value is -1.33. The number of carbonyl (C=O) groups excluding carboxylic acids is 1. The minimum atomic E-state index is -0.629. The fraction of sp³-hybridized carbons (Fsp3) is 0.125. The smallest absolute Gasteiger partial charge is 0.294 e. The van der Waals surface area contributed by atoms with E-state index in [1.54, 1.807) is 0 Å². The van der Waals surface area contributed by atoms with E-state index in [1.807, 2.05) is 0 Å². The molecule has 15 heavy (non-hydrogen) atoms. The third kappa shape index (κ3) is 3.07. The van der Waals surface area contributed by atoms with Crippen molar-refractivity contribution >= 4 is 40.5 Å². The zero-order valence-corrected chi connectivity index (χ0v) is 8.88. The monoisotopic (exact) mass is 248 g/mol. The number of nitrogens with zero attached hydrogens (tertiary/aromatic N) is 1. The molecule has 0 aliphatic carbocycles. The predicted molar refractivity (Wildman–Crippen MR) is 57.5 cm³/mol. The second-order valence-corrected chi connectivity index (χ2v) is 3.30. The molecule has 0 saturated carbocycles. The van der Waals surface area contributed by atoms with Gasteiger partial charge in [0.25, 0.3) is 5.69 Å². The molecule has 7 heteroatoms. The highest BCUT2D eigenvalue weighted by atomic mass is 35.5. The molecule has 80 valence electrons. The van der Waals surface area contributed by atoms with Crippen molar-refractivity contribution < 1.29 is 9.72 Å². The maximum absolute atomic E-state index is 10.9. The summed E-state index contributed by atoms with van der Waals surface area (Å²) >= 11 is 10.8. The highest BCUT2D eigenvalue weighted by molar-refractivity contribution is 6.31. The van der Waals surface area contributed by atoms with Crippen LogP contribution in [0, 0.1) is 10.1 Å². The van der Waals surface area contributed by atoms with Crippen molar-refractivity contribution in [1.82, 2.24) is 0 Å². The third-order valence-electron chi connectivity index (χ3n) is 1.55. The summed E-state index contributed by atoms with van der Waals surface area (Å²) in [6, 6.07) is 3.95. The van der Waals surface area contributed by atoms with Gasteiger partial charge in [-0.15, -0.1) is 11.6 Å². The normalized spacial score (nSPS) is 9.73. The van der Waals surface area contributed by atoms with Crippen molar-refractivity contribution in [3.63, 3.8) is 0 Å². The molecular formula is C8H6Cl2N2O3. The summed E-state index contributed by atoms with van der Waals surface area (Å²) < 4.78 is 0. The van der Waals surface area contributed by atoms with Gasteiger partial charge in [-0.3, -0.25) is 14.9 Å². The number of nitro benzene ring substituents is 1. The van der Waals surface area contributed by atoms with E-state index in [4.69, 9.17) is 23.2 Å². The minimum Gasteiger partial charge on any atom is -0.319 e. The molecule has 0 spiro atoms. The SMILES string of the molecule is O=C(CCl)Nc1ccc(Cl)cc1[N+](=O)[O-]. The maximum Gasteiger partial charge on any atom is 0.294 e. The Morgan fingerprint density at radius 2 is 2.20 bits per heavy atom. The molecule has 0 aliphatic rings. The summed E-state index contributed by atoms with van der Waals surface area (Å²) in [6.45, 7) is 0. The van der Waals surface area contributed by atoms with Gasteiger partial charge < -0.3 is 5.32 Å². The molecule has 0 aliphatic heterocycles. The number of hydrogen-bond acceptors (Lipinski definition) is 3. The van der Waals surface area contributed by atoms with Crippen molar-refractivity contribution in [3.8, 4) is 0 Å². The highest BCUT2D eigenvalue weighted by Crippen LogP contribution is 2.27. The standard InChI is InChI=1S/C8H6Cl2N2O3/c9-4-8(13)11-6-2-1-5(10)3-7(6)12(14)15/h1-3H,4H2,(H,11,13). The topological polar surface area (TPSA) is 72.2 Å². The molecule has 0 aromatic heterocycles. The van der Waals surface area contributed by atoms with Gasteiger partial charge in [0.2, 0.25) is 5.91 Å². The molecule has 0 bridgehead atoms. The Morgan fingerprint density at radius 1 is 1.53 bits per heavy atom. The van der Waals surface area contributed by atoms with Crippen LogP contribution in [0.3, 0.4) is 0 Å². The van der Waals surface area contributed by atoms with Gasteiger partial charge in [0, 0.05) is 11.1 Å². The Balaban J connectivity index is 3.06. The predicted octanol–water partition coefficient (Wildman–Crippen LogP) is 2.43. The molecule has 0 fully saturated rings. The molecule has 1 rings (SSSR count). The summed E-state index contributed by atoms with van der Waals surface area (Å²) in [6.07, 6.45) is 0. The van der Waals surface area contributed by atoms with Crippen LogP contribution in [0.15, 0.2) is 18.2 Å². The molecule has 1 N–H and O–H groups in total. The second kappa shape index (κ2) is 4.95. The quantitative estimate of drug-likeness (QED) is 0.508. The number of nitrogens with one attached hydrogen (secondary N) is 1. The summed E-state index contributed by atoms with van der Waals surface area (Å²) in [5, 5.41) is 13.1. The summed E-state index contributed by atoms with van der Waals surface area (Å²) in [4.78, 5) is 20.9. The Morgan fingerprint density at radius 3 is 2.73 bits per heavy atom. The van der Waals surface area contributed by atoms with Gasteiger partial charge in [-0.25, -0.2) is 0 Å². The van der Waals surface area contributed by atoms with Gasteiger partial charge in [-0.05, 0) is 12.1 Å². The first kappa shape index (κ1) is 11.7. The Labute approximate surface area is 95.1 Å². The van der Waals surface area contributed by atoms with Gasteiger partial charge in [0.05, 0.1) is 4.92 Å². The molecule has 5 nitrogen and oxygen atoms in total. The summed E-state index contributed by atoms with van der Waals surface area (Å²) in [5.41, 5.74) is -0.184. The van der Waals surface area contributed by atoms with Crippen LogP contribution >= 0.6 is 23.2 Å². The van der Waals surface area contributed by atoms with Crippen LogP contribution in [0.2, 0.25) is 5.02 Å². The largest absolute Gasteiger partial charge is 0.319 e. The first-order chi connectivity index (χ1) is 7.04. The van der Waals surface area contributed by atoms with Crippen LogP contribution in [-0.4, -0.2) is 16.7 Å². The van der Waals surface area contributed by atoms with Crippen molar-refractivity contribution in [2.75, 3.05) is 11.2 Å². The molecule has 0 radical (unpaired) electrons. The summed E-state index contributed by atoms with van der Waals surface area (Å²) in [5.74, 6) is -0.776. The van der Waals surface area contributed by atoms with Gasteiger partial charge in [0.15, 0.2) is 0 Å². The van der Waals surface area contributed by atoms with E-state index >= 15 is 0 Å². The molecule has 1 aromatic rings. The lowest BCUT2D eigenvalue weighted by Crippen LogP contribution is -2.13. The van der Waals surface area contributed by atoms with Gasteiger partial charge in [-0.1, -0.05) is 11.6 Å². The van der Waals surface area contributed by atoms with Gasteiger partial charge in [-0.2, -0.15) is 0 Å². The zero-order chi connectivity index (χ0) is 11.4. The van der Waals surface area contributed by atoms with E-state index < -0.39 is 10.8 Å². The Bertz CT molecular complexity index is 409. The van der Waals surface area contributed by atoms with Crippen LogP contribution in [0.1, 0.15) is 0 Å². The maximum atomic E-state index is 10.9. The second-order valence-electron chi connectivity index (χ2n) is 2.60. The molecule has 0 atom stereocenters. The van der Waals surface area contributed by atoms with Crippen LogP contribution in [0.4, 0.5) is 11.4 Å². The molecule has 0 saturated heterocycles. The van der Waals surface area contributed by atoms with Crippen molar-refractivity contribution in [2.24, 2.45) is 0 Å². The first-order valence-electron chi connectivity index (χ1n) is 3.84. The fourth-order valence-electron chi connectivity index (χ4n) is 0.945. The van der Waals surface area contributed by atoms with Crippen LogP contribution in [0.5, 0.6) is 0 Å². The zero-order valence-electron chi connectivity index (χ0n) is 7.37. The van der Waals surface area contributed by atoms with Crippen LogP contribution in [0.25, 0.3) is 0 Å². The number of rotatable bonds is 3. The van der Waals surface area contributed by atoms with Crippen molar-refractivity contribution in [1.29, 1.82) is 0 Å². The Kier molecular flexibility index (Phi) is 3.88. The van der Waals surface area contributed by atoms with E-state index in [9.17, 15) is 14.9 Å². The van der Waals surface area contributed by atoms with E-state index in [0.29, 0.717) is 0 Å². The van der Waals surface area contributed by atoms with E-state index in [1.165, 1.54) is 12.1 Å². The van der Waals surface area contributed by atoms with Crippen molar-refractivity contribution in [3.05, 3.63) is 33.3 Å². The minimum absolute atomic E-state index is 0.0788. The number of carbonyl (C=O) groups is 1. The van der Waals surface area contributed by atoms with Crippen LogP contribution in [-0.2, 0) is 4.79 Å². The van der Waals surface area contributed by atoms with E-state index in [0.717, 1.165) is 6.07 Å². The lowest BCUT2D eigenvalue weighted by molar-refractivity contribution is -0.383. The third-order valence-corrected chi connectivity index (χ3v) is 2.03. The van der Waals surface area contributed by atoms with E-state index in [-0.39, 0.29) is 22.3 Å². The molecule has 1 amide bonds. The molecule has 0 unspecified atom stereocenters. The molecule has 0 heterocycles. The van der Waals surface area contributed by atoms with E-state index in [2.05, 4.69) is 5.32 Å². The molecular weight excluding hydrogens is 243 g/mol. The summed E-state index contributed by atoms with van der Waals surface area (Å²) in [7, 11) is 0. The number of nitro groups is 1. The number of alkyl halides is 1.